The molecule has 3 aliphatic rings. The molecular formula is C18H24FN3O4. The van der Waals surface area contributed by atoms with Crippen molar-refractivity contribution < 1.29 is 18.7 Å². The number of halogens is 1. The van der Waals surface area contributed by atoms with Crippen molar-refractivity contribution in [2.45, 2.75) is 56.0 Å². The Hall–Kier alpha value is -1.80. The lowest BCUT2D eigenvalue weighted by Crippen LogP contribution is -2.55. The van der Waals surface area contributed by atoms with Crippen molar-refractivity contribution in [1.82, 2.24) is 14.7 Å². The van der Waals surface area contributed by atoms with Gasteiger partial charge in [-0.15, -0.1) is 0 Å². The van der Waals surface area contributed by atoms with Crippen LogP contribution in [-0.4, -0.2) is 64.3 Å². The summed E-state index contributed by atoms with van der Waals surface area (Å²) in [4.78, 5) is 26.0. The van der Waals surface area contributed by atoms with E-state index in [4.69, 9.17) is 9.47 Å². The summed E-state index contributed by atoms with van der Waals surface area (Å²) in [5, 5.41) is 4.07. The van der Waals surface area contributed by atoms with Gasteiger partial charge in [-0.3, -0.25) is 9.59 Å². The zero-order chi connectivity index (χ0) is 18.2. The second kappa shape index (κ2) is 6.74. The van der Waals surface area contributed by atoms with Gasteiger partial charge in [-0.2, -0.15) is 5.10 Å². The van der Waals surface area contributed by atoms with Gasteiger partial charge in [0, 0.05) is 18.8 Å². The molecule has 2 aliphatic heterocycles. The fourth-order valence-electron chi connectivity index (χ4n) is 4.03. The molecule has 142 valence electrons. The van der Waals surface area contributed by atoms with Crippen LogP contribution in [0.3, 0.4) is 0 Å². The van der Waals surface area contributed by atoms with Gasteiger partial charge >= 0.3 is 0 Å². The Labute approximate surface area is 151 Å². The van der Waals surface area contributed by atoms with Crippen molar-refractivity contribution in [2.24, 2.45) is 0 Å². The van der Waals surface area contributed by atoms with E-state index in [0.29, 0.717) is 52.1 Å². The highest BCUT2D eigenvalue weighted by molar-refractivity contribution is 5.86. The number of hydrogen-bond donors (Lipinski definition) is 0. The third-order valence-electron chi connectivity index (χ3n) is 5.67. The summed E-state index contributed by atoms with van der Waals surface area (Å²) in [6.45, 7) is 1.86. The van der Waals surface area contributed by atoms with Crippen LogP contribution < -0.4 is 5.56 Å². The summed E-state index contributed by atoms with van der Waals surface area (Å²) in [6.07, 6.45) is 4.22. The molecule has 3 heterocycles. The van der Waals surface area contributed by atoms with Gasteiger partial charge in [0.25, 0.3) is 11.5 Å². The van der Waals surface area contributed by atoms with Gasteiger partial charge < -0.3 is 14.4 Å². The van der Waals surface area contributed by atoms with E-state index in [9.17, 15) is 14.0 Å². The fourth-order valence-corrected chi connectivity index (χ4v) is 4.03. The van der Waals surface area contributed by atoms with Crippen LogP contribution >= 0.6 is 0 Å². The molecule has 2 unspecified atom stereocenters. The summed E-state index contributed by atoms with van der Waals surface area (Å²) >= 11 is 0. The van der Waals surface area contributed by atoms with E-state index in [-0.39, 0.29) is 11.7 Å². The minimum Gasteiger partial charge on any atom is -0.377 e. The number of amides is 1. The predicted molar refractivity (Wildman–Crippen MR) is 90.4 cm³/mol. The number of carbonyl (C=O) groups excluding carboxylic acids is 1. The highest BCUT2D eigenvalue weighted by Gasteiger charge is 2.50. The van der Waals surface area contributed by atoms with E-state index in [1.807, 2.05) is 0 Å². The Kier molecular flexibility index (Phi) is 4.56. The number of hydrogen-bond acceptors (Lipinski definition) is 5. The van der Waals surface area contributed by atoms with Crippen LogP contribution in [0.2, 0.25) is 0 Å². The molecule has 1 spiro atoms. The Balaban J connectivity index is 1.45. The van der Waals surface area contributed by atoms with Crippen LogP contribution in [-0.2, 0) is 20.8 Å². The predicted octanol–water partition coefficient (Wildman–Crippen LogP) is 0.912. The van der Waals surface area contributed by atoms with E-state index < -0.39 is 17.2 Å². The van der Waals surface area contributed by atoms with Gasteiger partial charge in [0.15, 0.2) is 5.67 Å². The van der Waals surface area contributed by atoms with Gasteiger partial charge in [-0.25, -0.2) is 9.07 Å². The fraction of sp³-hybridized carbons (Fsp3) is 0.722. The lowest BCUT2D eigenvalue weighted by atomic mass is 9.80. The zero-order valence-corrected chi connectivity index (χ0v) is 14.7. The molecule has 2 saturated heterocycles. The smallest absolute Gasteiger partial charge is 0.266 e. The average Bonchev–Trinajstić information content (AvgIpc) is 2.86. The summed E-state index contributed by atoms with van der Waals surface area (Å²) < 4.78 is 27.9. The second-order valence-electron chi connectivity index (χ2n) is 7.60. The third-order valence-corrected chi connectivity index (χ3v) is 5.67. The van der Waals surface area contributed by atoms with Crippen molar-refractivity contribution in [2.75, 3.05) is 26.3 Å². The summed E-state index contributed by atoms with van der Waals surface area (Å²) in [7, 11) is 0. The maximum Gasteiger partial charge on any atom is 0.266 e. The highest BCUT2D eigenvalue weighted by Crippen LogP contribution is 2.39. The average molecular weight is 365 g/mol. The molecule has 26 heavy (non-hydrogen) atoms. The normalized spacial score (nSPS) is 30.8. The molecule has 1 saturated carbocycles. The Bertz CT molecular complexity index is 735. The first-order chi connectivity index (χ1) is 12.5. The number of carbonyl (C=O) groups is 1. The van der Waals surface area contributed by atoms with Crippen LogP contribution in [0.1, 0.15) is 32.1 Å². The SMILES string of the molecule is O=C(N1CCOCC2(CCC(Cn3ncccc3=O)O2)C1)C1(F)CCC1. The van der Waals surface area contributed by atoms with Crippen LogP contribution in [0.4, 0.5) is 4.39 Å². The quantitative estimate of drug-likeness (QED) is 0.796. The molecule has 1 aliphatic carbocycles. The molecule has 1 aromatic rings. The number of nitrogens with zero attached hydrogens (tertiary/aromatic N) is 3. The largest absolute Gasteiger partial charge is 0.377 e. The van der Waals surface area contributed by atoms with Crippen molar-refractivity contribution in [3.8, 4) is 0 Å². The zero-order valence-electron chi connectivity index (χ0n) is 14.7. The molecule has 0 N–H and O–H groups in total. The van der Waals surface area contributed by atoms with E-state index in [2.05, 4.69) is 5.10 Å². The van der Waals surface area contributed by atoms with Gasteiger partial charge in [0.2, 0.25) is 0 Å². The minimum absolute atomic E-state index is 0.171. The molecule has 1 aromatic heterocycles. The molecule has 1 amide bonds. The lowest BCUT2D eigenvalue weighted by Gasteiger charge is -2.39. The highest BCUT2D eigenvalue weighted by atomic mass is 19.1. The van der Waals surface area contributed by atoms with Crippen molar-refractivity contribution >= 4 is 5.91 Å². The molecule has 0 bridgehead atoms. The van der Waals surface area contributed by atoms with Crippen molar-refractivity contribution in [3.63, 3.8) is 0 Å². The summed E-state index contributed by atoms with van der Waals surface area (Å²) in [5.74, 6) is -0.429. The van der Waals surface area contributed by atoms with Crippen molar-refractivity contribution in [3.05, 3.63) is 28.7 Å². The van der Waals surface area contributed by atoms with Crippen molar-refractivity contribution in [1.29, 1.82) is 0 Å². The summed E-state index contributed by atoms with van der Waals surface area (Å²) in [6, 6.07) is 3.07. The Morgan fingerprint density at radius 1 is 1.38 bits per heavy atom. The van der Waals surface area contributed by atoms with E-state index in [1.165, 1.54) is 10.7 Å². The standard InChI is InChI=1S/C18H24FN3O4/c19-18(5-2-6-18)16(24)21-9-10-25-13-17(12-21)7-4-14(26-17)11-22-15(23)3-1-8-20-22/h1,3,8,14H,2,4-7,9-13H2. The maximum atomic E-state index is 14.6. The molecule has 3 fully saturated rings. The molecule has 0 radical (unpaired) electrons. The molecule has 0 aromatic carbocycles. The maximum absolute atomic E-state index is 14.6. The number of ether oxygens (including phenoxy) is 2. The third kappa shape index (κ3) is 3.27. The molecule has 2 atom stereocenters. The minimum atomic E-state index is -1.70. The van der Waals surface area contributed by atoms with Crippen LogP contribution in [0.5, 0.6) is 0 Å². The van der Waals surface area contributed by atoms with Gasteiger partial charge in [0.1, 0.15) is 5.60 Å². The Morgan fingerprint density at radius 2 is 2.23 bits per heavy atom. The molecular weight excluding hydrogens is 341 g/mol. The first kappa shape index (κ1) is 17.6. The topological polar surface area (TPSA) is 73.7 Å². The van der Waals surface area contributed by atoms with Crippen LogP contribution in [0.15, 0.2) is 23.1 Å². The first-order valence-corrected chi connectivity index (χ1v) is 9.26. The van der Waals surface area contributed by atoms with Gasteiger partial charge in [0.05, 0.1) is 32.4 Å². The first-order valence-electron chi connectivity index (χ1n) is 9.26. The Morgan fingerprint density at radius 3 is 2.96 bits per heavy atom. The van der Waals surface area contributed by atoms with Gasteiger partial charge in [-0.05, 0) is 38.2 Å². The summed E-state index contributed by atoms with van der Waals surface area (Å²) in [5.41, 5.74) is -2.50. The lowest BCUT2D eigenvalue weighted by molar-refractivity contribution is -0.154. The van der Waals surface area contributed by atoms with Crippen LogP contribution in [0, 0.1) is 0 Å². The van der Waals surface area contributed by atoms with E-state index in [1.54, 1.807) is 17.2 Å². The molecule has 7 nitrogen and oxygen atoms in total. The number of alkyl halides is 1. The monoisotopic (exact) mass is 365 g/mol. The van der Waals surface area contributed by atoms with Gasteiger partial charge in [-0.1, -0.05) is 0 Å². The van der Waals surface area contributed by atoms with E-state index >= 15 is 0 Å². The van der Waals surface area contributed by atoms with Crippen LogP contribution in [0.25, 0.3) is 0 Å². The second-order valence-corrected chi connectivity index (χ2v) is 7.60. The van der Waals surface area contributed by atoms with E-state index in [0.717, 1.165) is 12.8 Å². The molecule has 8 heteroatoms. The number of aromatic nitrogens is 2. The molecule has 4 rings (SSSR count). The number of rotatable bonds is 3.